The Balaban J connectivity index is 2.05. The van der Waals surface area contributed by atoms with Crippen molar-refractivity contribution >= 4 is 28.4 Å². The van der Waals surface area contributed by atoms with Crippen molar-refractivity contribution in [1.82, 2.24) is 14.8 Å². The quantitative estimate of drug-likeness (QED) is 0.850. The minimum Gasteiger partial charge on any atom is -0.370 e. The molecule has 1 N–H and O–H groups in total. The Morgan fingerprint density at radius 1 is 1.41 bits per heavy atom. The Hall–Kier alpha value is -1.11. The lowest BCUT2D eigenvalue weighted by Gasteiger charge is -2.06. The lowest BCUT2D eigenvalue weighted by Crippen LogP contribution is -2.06. The van der Waals surface area contributed by atoms with E-state index < -0.39 is 0 Å². The van der Waals surface area contributed by atoms with Crippen LogP contribution in [0.5, 0.6) is 0 Å². The summed E-state index contributed by atoms with van der Waals surface area (Å²) in [5.74, 6) is 0.936. The summed E-state index contributed by atoms with van der Waals surface area (Å²) < 4.78 is 3.04. The second-order valence-corrected chi connectivity index (χ2v) is 5.04. The molecule has 17 heavy (non-hydrogen) atoms. The largest absolute Gasteiger partial charge is 0.370 e. The molecule has 0 saturated heterocycles. The van der Waals surface area contributed by atoms with Crippen LogP contribution in [0.2, 0.25) is 0 Å². The van der Waals surface area contributed by atoms with E-state index in [-0.39, 0.29) is 0 Å². The van der Waals surface area contributed by atoms with E-state index in [1.165, 1.54) is 0 Å². The molecule has 2 aromatic heterocycles. The zero-order valence-electron chi connectivity index (χ0n) is 9.73. The third kappa shape index (κ3) is 3.69. The fraction of sp³-hybridized carbons (Fsp3) is 0.333. The van der Waals surface area contributed by atoms with E-state index in [0.29, 0.717) is 6.54 Å². The maximum Gasteiger partial charge on any atom is 0.126 e. The maximum absolute atomic E-state index is 4.54. The van der Waals surface area contributed by atoms with Crippen LogP contribution in [0.15, 0.2) is 30.6 Å². The average molecular weight is 342 g/mol. The van der Waals surface area contributed by atoms with Crippen molar-refractivity contribution in [3.8, 4) is 0 Å². The molecule has 0 aliphatic rings. The molecule has 90 valence electrons. The fourth-order valence-electron chi connectivity index (χ4n) is 1.51. The molecule has 2 heterocycles. The Morgan fingerprint density at radius 3 is 3.00 bits per heavy atom. The minimum absolute atomic E-state index is 0.713. The van der Waals surface area contributed by atoms with Gasteiger partial charge in [0.2, 0.25) is 0 Å². The number of hydrogen-bond acceptors (Lipinski definition) is 3. The van der Waals surface area contributed by atoms with Crippen LogP contribution in [0.25, 0.3) is 0 Å². The first-order valence-corrected chi connectivity index (χ1v) is 6.73. The van der Waals surface area contributed by atoms with Gasteiger partial charge in [0.15, 0.2) is 0 Å². The molecule has 0 atom stereocenters. The van der Waals surface area contributed by atoms with Crippen LogP contribution in [0.3, 0.4) is 0 Å². The van der Waals surface area contributed by atoms with Gasteiger partial charge < -0.3 is 5.32 Å². The van der Waals surface area contributed by atoms with Gasteiger partial charge in [0.1, 0.15) is 5.82 Å². The highest BCUT2D eigenvalue weighted by atomic mass is 127. The molecule has 2 rings (SSSR count). The van der Waals surface area contributed by atoms with Gasteiger partial charge >= 0.3 is 0 Å². The molecule has 0 saturated carbocycles. The predicted octanol–water partition coefficient (Wildman–Crippen LogP) is 2.75. The molecule has 0 unspecified atom stereocenters. The van der Waals surface area contributed by atoms with Gasteiger partial charge in [0, 0.05) is 12.7 Å². The van der Waals surface area contributed by atoms with Crippen LogP contribution in [0, 0.1) is 3.57 Å². The van der Waals surface area contributed by atoms with Gasteiger partial charge in [-0.05, 0) is 41.1 Å². The highest BCUT2D eigenvalue weighted by Gasteiger charge is 2.00. The number of hydrogen-bond donors (Lipinski definition) is 1. The molecule has 0 radical (unpaired) electrons. The Labute approximate surface area is 115 Å². The number of halogens is 1. The van der Waals surface area contributed by atoms with E-state index in [1.807, 2.05) is 35.3 Å². The Morgan fingerprint density at radius 2 is 2.29 bits per heavy atom. The molecule has 0 aliphatic heterocycles. The number of anilines is 1. The number of rotatable bonds is 5. The summed E-state index contributed by atoms with van der Waals surface area (Å²) in [5, 5.41) is 7.54. The number of nitrogens with zero attached hydrogens (tertiary/aromatic N) is 3. The fourth-order valence-corrected chi connectivity index (χ4v) is 1.96. The average Bonchev–Trinajstić information content (AvgIpc) is 2.73. The SMILES string of the molecule is CCCNc1cccc(Cn2cc(I)cn2)n1. The highest BCUT2D eigenvalue weighted by molar-refractivity contribution is 14.1. The first kappa shape index (κ1) is 12.3. The first-order chi connectivity index (χ1) is 8.28. The normalized spacial score (nSPS) is 10.5. The third-order valence-electron chi connectivity index (χ3n) is 2.29. The zero-order chi connectivity index (χ0) is 12.1. The molecular weight excluding hydrogens is 327 g/mol. The molecule has 2 aromatic rings. The van der Waals surface area contributed by atoms with Crippen LogP contribution in [-0.4, -0.2) is 21.3 Å². The van der Waals surface area contributed by atoms with Gasteiger partial charge in [-0.2, -0.15) is 5.10 Å². The van der Waals surface area contributed by atoms with Crippen molar-refractivity contribution in [3.63, 3.8) is 0 Å². The standard InChI is InChI=1S/C12H15IN4/c1-2-6-14-12-5-3-4-11(16-12)9-17-8-10(13)7-15-17/h3-5,7-8H,2,6,9H2,1H3,(H,14,16). The van der Waals surface area contributed by atoms with E-state index in [9.17, 15) is 0 Å². The lowest BCUT2D eigenvalue weighted by molar-refractivity contribution is 0.673. The summed E-state index contributed by atoms with van der Waals surface area (Å²) in [6, 6.07) is 6.03. The second-order valence-electron chi connectivity index (χ2n) is 3.80. The van der Waals surface area contributed by atoms with E-state index >= 15 is 0 Å². The summed E-state index contributed by atoms with van der Waals surface area (Å²) in [4.78, 5) is 4.54. The van der Waals surface area contributed by atoms with Crippen LogP contribution >= 0.6 is 22.6 Å². The van der Waals surface area contributed by atoms with Crippen LogP contribution < -0.4 is 5.32 Å². The topological polar surface area (TPSA) is 42.7 Å². The second kappa shape index (κ2) is 6.00. The van der Waals surface area contributed by atoms with Crippen molar-refractivity contribution in [1.29, 1.82) is 0 Å². The van der Waals surface area contributed by atoms with E-state index in [0.717, 1.165) is 28.0 Å². The maximum atomic E-state index is 4.54. The molecule has 0 fully saturated rings. The van der Waals surface area contributed by atoms with E-state index in [4.69, 9.17) is 0 Å². The van der Waals surface area contributed by atoms with Crippen LogP contribution in [0.1, 0.15) is 19.0 Å². The zero-order valence-corrected chi connectivity index (χ0v) is 11.9. The molecular formula is C12H15IN4. The van der Waals surface area contributed by atoms with E-state index in [2.05, 4.69) is 44.9 Å². The van der Waals surface area contributed by atoms with Gasteiger partial charge in [-0.15, -0.1) is 0 Å². The van der Waals surface area contributed by atoms with Crippen molar-refractivity contribution < 1.29 is 0 Å². The molecule has 0 bridgehead atoms. The van der Waals surface area contributed by atoms with Crippen LogP contribution in [-0.2, 0) is 6.54 Å². The predicted molar refractivity (Wildman–Crippen MR) is 77.1 cm³/mol. The van der Waals surface area contributed by atoms with Crippen LogP contribution in [0.4, 0.5) is 5.82 Å². The van der Waals surface area contributed by atoms with Crippen molar-refractivity contribution in [2.45, 2.75) is 19.9 Å². The van der Waals surface area contributed by atoms with Gasteiger partial charge in [-0.3, -0.25) is 4.68 Å². The van der Waals surface area contributed by atoms with Gasteiger partial charge in [-0.1, -0.05) is 13.0 Å². The Bertz CT molecular complexity index is 481. The number of nitrogens with one attached hydrogen (secondary N) is 1. The highest BCUT2D eigenvalue weighted by Crippen LogP contribution is 2.08. The van der Waals surface area contributed by atoms with Crippen molar-refractivity contribution in [3.05, 3.63) is 39.9 Å². The number of pyridine rings is 1. The van der Waals surface area contributed by atoms with Gasteiger partial charge in [0.05, 0.1) is 22.0 Å². The minimum atomic E-state index is 0.713. The summed E-state index contributed by atoms with van der Waals surface area (Å²) in [6.45, 7) is 3.81. The summed E-state index contributed by atoms with van der Waals surface area (Å²) in [6.07, 6.45) is 4.96. The van der Waals surface area contributed by atoms with Crippen molar-refractivity contribution in [2.75, 3.05) is 11.9 Å². The lowest BCUT2D eigenvalue weighted by atomic mass is 10.3. The molecule has 4 nitrogen and oxygen atoms in total. The van der Waals surface area contributed by atoms with Crippen molar-refractivity contribution in [2.24, 2.45) is 0 Å². The smallest absolute Gasteiger partial charge is 0.126 e. The monoisotopic (exact) mass is 342 g/mol. The summed E-state index contributed by atoms with van der Waals surface area (Å²) >= 11 is 2.25. The molecule has 0 aliphatic carbocycles. The molecule has 0 amide bonds. The summed E-state index contributed by atoms with van der Waals surface area (Å²) in [7, 11) is 0. The molecule has 0 aromatic carbocycles. The number of aromatic nitrogens is 3. The third-order valence-corrected chi connectivity index (χ3v) is 2.85. The molecule has 0 spiro atoms. The van der Waals surface area contributed by atoms with E-state index in [1.54, 1.807) is 0 Å². The Kier molecular flexibility index (Phi) is 4.36. The van der Waals surface area contributed by atoms with Gasteiger partial charge in [-0.25, -0.2) is 4.98 Å². The van der Waals surface area contributed by atoms with Gasteiger partial charge in [0.25, 0.3) is 0 Å². The first-order valence-electron chi connectivity index (χ1n) is 5.65. The summed E-state index contributed by atoms with van der Waals surface area (Å²) in [5.41, 5.74) is 1.02. The molecule has 5 heteroatoms.